The molecule has 0 saturated heterocycles. The van der Waals surface area contributed by atoms with Crippen molar-refractivity contribution in [3.63, 3.8) is 0 Å². The Morgan fingerprint density at radius 3 is 2.48 bits per heavy atom. The Kier molecular flexibility index (Phi) is 6.52. The molecule has 1 aromatic heterocycles. The third-order valence-electron chi connectivity index (χ3n) is 4.82. The Bertz CT molecular complexity index is 750. The van der Waals surface area contributed by atoms with Crippen molar-refractivity contribution in [2.75, 3.05) is 26.1 Å². The second kappa shape index (κ2) is 9.26. The molecular formula is C21H26N2O4. The van der Waals surface area contributed by atoms with E-state index in [1.54, 1.807) is 44.7 Å². The van der Waals surface area contributed by atoms with Gasteiger partial charge in [-0.2, -0.15) is 0 Å². The molecule has 144 valence electrons. The number of aromatic nitrogens is 1. The van der Waals surface area contributed by atoms with E-state index in [1.807, 2.05) is 6.07 Å². The van der Waals surface area contributed by atoms with E-state index in [0.29, 0.717) is 41.2 Å². The number of anilines is 1. The largest absolute Gasteiger partial charge is 0.497 e. The molecule has 1 N–H and O–H groups in total. The summed E-state index contributed by atoms with van der Waals surface area (Å²) < 4.78 is 16.4. The Morgan fingerprint density at radius 2 is 1.81 bits per heavy atom. The van der Waals surface area contributed by atoms with Crippen LogP contribution in [0, 0.1) is 5.92 Å². The second-order valence-corrected chi connectivity index (χ2v) is 6.72. The first-order valence-corrected chi connectivity index (χ1v) is 9.32. The zero-order chi connectivity index (χ0) is 19.1. The zero-order valence-corrected chi connectivity index (χ0v) is 15.9. The van der Waals surface area contributed by atoms with Crippen molar-refractivity contribution in [1.29, 1.82) is 0 Å². The van der Waals surface area contributed by atoms with Crippen LogP contribution in [0.4, 0.5) is 5.82 Å². The van der Waals surface area contributed by atoms with Crippen molar-refractivity contribution < 1.29 is 19.0 Å². The lowest BCUT2D eigenvalue weighted by Crippen LogP contribution is -2.18. The highest BCUT2D eigenvalue weighted by atomic mass is 16.5. The summed E-state index contributed by atoms with van der Waals surface area (Å²) in [6.45, 7) is 0.654. The van der Waals surface area contributed by atoms with Crippen molar-refractivity contribution in [3.8, 4) is 17.2 Å². The second-order valence-electron chi connectivity index (χ2n) is 6.72. The maximum atomic E-state index is 12.7. The van der Waals surface area contributed by atoms with Crippen LogP contribution in [-0.4, -0.2) is 31.7 Å². The molecule has 1 amide bonds. The normalized spacial score (nSPS) is 14.4. The van der Waals surface area contributed by atoms with E-state index in [1.165, 1.54) is 32.1 Å². The van der Waals surface area contributed by atoms with Gasteiger partial charge < -0.3 is 19.5 Å². The van der Waals surface area contributed by atoms with Crippen LogP contribution in [-0.2, 0) is 0 Å². The molecule has 0 unspecified atom stereocenters. The van der Waals surface area contributed by atoms with Crippen molar-refractivity contribution in [3.05, 3.63) is 42.1 Å². The Hall–Kier alpha value is -2.76. The van der Waals surface area contributed by atoms with Gasteiger partial charge in [-0.15, -0.1) is 0 Å². The minimum atomic E-state index is -0.298. The standard InChI is InChI=1S/C21H26N2O4/c1-25-17-11-16(12-18(13-17)26-2)21(24)23-20-19(9-6-10-22-20)27-14-15-7-4-3-5-8-15/h6,9-13,15H,3-5,7-8,14H2,1-2H3,(H,22,23,24). The van der Waals surface area contributed by atoms with Crippen LogP contribution in [0.1, 0.15) is 42.5 Å². The van der Waals surface area contributed by atoms with Gasteiger partial charge in [-0.05, 0) is 43.0 Å². The third-order valence-corrected chi connectivity index (χ3v) is 4.82. The van der Waals surface area contributed by atoms with Crippen LogP contribution in [0.3, 0.4) is 0 Å². The van der Waals surface area contributed by atoms with E-state index in [-0.39, 0.29) is 5.91 Å². The fraction of sp³-hybridized carbons (Fsp3) is 0.429. The average molecular weight is 370 g/mol. The summed E-state index contributed by atoms with van der Waals surface area (Å²) in [4.78, 5) is 17.0. The lowest BCUT2D eigenvalue weighted by atomic mass is 9.90. The number of methoxy groups -OCH3 is 2. The van der Waals surface area contributed by atoms with Gasteiger partial charge in [-0.3, -0.25) is 4.79 Å². The summed E-state index contributed by atoms with van der Waals surface area (Å²) in [5.41, 5.74) is 0.426. The van der Waals surface area contributed by atoms with Crippen molar-refractivity contribution in [2.45, 2.75) is 32.1 Å². The average Bonchev–Trinajstić information content (AvgIpc) is 2.73. The van der Waals surface area contributed by atoms with Gasteiger partial charge in [-0.25, -0.2) is 4.98 Å². The number of nitrogens with zero attached hydrogens (tertiary/aromatic N) is 1. The molecule has 0 radical (unpaired) electrons. The van der Waals surface area contributed by atoms with Crippen LogP contribution in [0.25, 0.3) is 0 Å². The summed E-state index contributed by atoms with van der Waals surface area (Å²) in [6, 6.07) is 8.67. The van der Waals surface area contributed by atoms with Crippen molar-refractivity contribution >= 4 is 11.7 Å². The first-order chi connectivity index (χ1) is 13.2. The number of amides is 1. The lowest BCUT2D eigenvalue weighted by molar-refractivity contribution is 0.102. The van der Waals surface area contributed by atoms with Gasteiger partial charge in [0.1, 0.15) is 11.5 Å². The van der Waals surface area contributed by atoms with Crippen LogP contribution in [0.2, 0.25) is 0 Å². The molecule has 1 fully saturated rings. The fourth-order valence-corrected chi connectivity index (χ4v) is 3.28. The van der Waals surface area contributed by atoms with E-state index in [0.717, 1.165) is 0 Å². The van der Waals surface area contributed by atoms with Crippen LogP contribution < -0.4 is 19.5 Å². The summed E-state index contributed by atoms with van der Waals surface area (Å²) >= 11 is 0. The van der Waals surface area contributed by atoms with Gasteiger partial charge >= 0.3 is 0 Å². The predicted molar refractivity (Wildman–Crippen MR) is 104 cm³/mol. The number of benzene rings is 1. The smallest absolute Gasteiger partial charge is 0.257 e. The quantitative estimate of drug-likeness (QED) is 0.786. The molecule has 0 bridgehead atoms. The molecule has 1 aromatic carbocycles. The maximum Gasteiger partial charge on any atom is 0.257 e. The highest BCUT2D eigenvalue weighted by Gasteiger charge is 2.17. The molecule has 6 nitrogen and oxygen atoms in total. The number of carbonyl (C=O) groups excluding carboxylic acids is 1. The molecule has 1 aliphatic carbocycles. The summed E-state index contributed by atoms with van der Waals surface area (Å²) in [6.07, 6.45) is 7.88. The number of carbonyl (C=O) groups is 1. The Morgan fingerprint density at radius 1 is 1.11 bits per heavy atom. The van der Waals surface area contributed by atoms with Crippen LogP contribution >= 0.6 is 0 Å². The van der Waals surface area contributed by atoms with Gasteiger partial charge in [-0.1, -0.05) is 19.3 Å². The number of ether oxygens (including phenoxy) is 3. The van der Waals surface area contributed by atoms with E-state index >= 15 is 0 Å². The Balaban J connectivity index is 1.70. The fourth-order valence-electron chi connectivity index (χ4n) is 3.28. The topological polar surface area (TPSA) is 69.7 Å². The zero-order valence-electron chi connectivity index (χ0n) is 15.9. The summed E-state index contributed by atoms with van der Waals surface area (Å²) in [5, 5.41) is 2.83. The van der Waals surface area contributed by atoms with Gasteiger partial charge in [0.25, 0.3) is 5.91 Å². The Labute approximate surface area is 159 Å². The molecule has 1 heterocycles. The molecule has 1 aliphatic rings. The van der Waals surface area contributed by atoms with Crippen molar-refractivity contribution in [2.24, 2.45) is 5.92 Å². The first kappa shape index (κ1) is 19.0. The lowest BCUT2D eigenvalue weighted by Gasteiger charge is -2.22. The maximum absolute atomic E-state index is 12.7. The minimum Gasteiger partial charge on any atom is -0.497 e. The number of nitrogens with one attached hydrogen (secondary N) is 1. The molecule has 6 heteroatoms. The monoisotopic (exact) mass is 370 g/mol. The van der Waals surface area contributed by atoms with Gasteiger partial charge in [0.2, 0.25) is 0 Å². The number of hydrogen-bond acceptors (Lipinski definition) is 5. The van der Waals surface area contributed by atoms with Gasteiger partial charge in [0, 0.05) is 17.8 Å². The highest BCUT2D eigenvalue weighted by Crippen LogP contribution is 2.28. The molecule has 0 atom stereocenters. The molecule has 27 heavy (non-hydrogen) atoms. The predicted octanol–water partition coefficient (Wildman–Crippen LogP) is 4.31. The van der Waals surface area contributed by atoms with Crippen LogP contribution in [0.15, 0.2) is 36.5 Å². The highest BCUT2D eigenvalue weighted by molar-refractivity contribution is 6.05. The van der Waals surface area contributed by atoms with Crippen LogP contribution in [0.5, 0.6) is 17.2 Å². The molecule has 0 spiro atoms. The summed E-state index contributed by atoms with van der Waals surface area (Å²) in [5.74, 6) is 2.38. The third kappa shape index (κ3) is 5.12. The van der Waals surface area contributed by atoms with E-state index in [4.69, 9.17) is 14.2 Å². The minimum absolute atomic E-state index is 0.298. The van der Waals surface area contributed by atoms with E-state index in [2.05, 4.69) is 10.3 Å². The summed E-state index contributed by atoms with van der Waals surface area (Å²) in [7, 11) is 3.10. The number of rotatable bonds is 7. The molecule has 3 rings (SSSR count). The van der Waals surface area contributed by atoms with Crippen molar-refractivity contribution in [1.82, 2.24) is 4.98 Å². The molecule has 1 saturated carbocycles. The molecule has 2 aromatic rings. The SMILES string of the molecule is COc1cc(OC)cc(C(=O)Nc2ncccc2OCC2CCCCC2)c1. The van der Waals surface area contributed by atoms with E-state index < -0.39 is 0 Å². The first-order valence-electron chi connectivity index (χ1n) is 9.32. The van der Waals surface area contributed by atoms with E-state index in [9.17, 15) is 4.79 Å². The van der Waals surface area contributed by atoms with Gasteiger partial charge in [0.15, 0.2) is 11.6 Å². The number of pyridine rings is 1. The van der Waals surface area contributed by atoms with Gasteiger partial charge in [0.05, 0.1) is 20.8 Å². The molecule has 0 aliphatic heterocycles. The molecular weight excluding hydrogens is 344 g/mol. The number of hydrogen-bond donors (Lipinski definition) is 1.